The summed E-state index contributed by atoms with van der Waals surface area (Å²) in [6.07, 6.45) is 8.30. The summed E-state index contributed by atoms with van der Waals surface area (Å²) in [4.78, 5) is 12.5. The normalized spacial score (nSPS) is 55.9. The molecule has 0 aliphatic heterocycles. The van der Waals surface area contributed by atoms with Crippen molar-refractivity contribution in [3.05, 3.63) is 0 Å². The summed E-state index contributed by atoms with van der Waals surface area (Å²) >= 11 is 0. The van der Waals surface area contributed by atoms with Crippen molar-refractivity contribution in [2.45, 2.75) is 77.4 Å². The highest BCUT2D eigenvalue weighted by atomic mass is 16.5. The van der Waals surface area contributed by atoms with Crippen LogP contribution in [0.2, 0.25) is 0 Å². The molecule has 0 aromatic rings. The maximum Gasteiger partial charge on any atom is 0.139 e. The molecule has 0 saturated heterocycles. The highest BCUT2D eigenvalue weighted by molar-refractivity contribution is 5.87. The lowest BCUT2D eigenvalue weighted by Crippen LogP contribution is -2.58. The van der Waals surface area contributed by atoms with E-state index in [1.165, 1.54) is 12.8 Å². The Hall–Kier alpha value is -0.410. The summed E-state index contributed by atoms with van der Waals surface area (Å²) < 4.78 is 5.74. The van der Waals surface area contributed by atoms with Gasteiger partial charge in [-0.2, -0.15) is 0 Å². The molecule has 0 aromatic carbocycles. The van der Waals surface area contributed by atoms with Crippen molar-refractivity contribution >= 4 is 5.78 Å². The molecule has 4 rings (SSSR count). The summed E-state index contributed by atoms with van der Waals surface area (Å²) in [6, 6.07) is 0. The van der Waals surface area contributed by atoms with Crippen molar-refractivity contribution in [3.63, 3.8) is 0 Å². The predicted octanol–water partition coefficient (Wildman–Crippen LogP) is 3.58. The van der Waals surface area contributed by atoms with Crippen LogP contribution in [0.5, 0.6) is 0 Å². The Morgan fingerprint density at radius 2 is 1.78 bits per heavy atom. The first kappa shape index (κ1) is 16.1. The average molecular weight is 320 g/mol. The van der Waals surface area contributed by atoms with Gasteiger partial charge in [0.05, 0.1) is 12.2 Å². The molecule has 1 N–H and O–H groups in total. The van der Waals surface area contributed by atoms with Crippen LogP contribution >= 0.6 is 0 Å². The number of hydrogen-bond donors (Lipinski definition) is 1. The molecule has 4 fully saturated rings. The fourth-order valence-electron chi connectivity index (χ4n) is 7.38. The Labute approximate surface area is 140 Å². The molecule has 4 aliphatic rings. The van der Waals surface area contributed by atoms with Crippen LogP contribution in [0.1, 0.15) is 65.2 Å². The van der Waals surface area contributed by atoms with Gasteiger partial charge < -0.3 is 9.84 Å². The Kier molecular flexibility index (Phi) is 3.70. The van der Waals surface area contributed by atoms with Crippen molar-refractivity contribution in [1.82, 2.24) is 0 Å². The lowest BCUT2D eigenvalue weighted by molar-refractivity contribution is -0.180. The Morgan fingerprint density at radius 3 is 2.52 bits per heavy atom. The van der Waals surface area contributed by atoms with E-state index in [1.54, 1.807) is 7.11 Å². The Balaban J connectivity index is 1.65. The number of aliphatic hydroxyl groups excluding tert-OH is 1. The summed E-state index contributed by atoms with van der Waals surface area (Å²) in [5.41, 5.74) is 0.259. The summed E-state index contributed by atoms with van der Waals surface area (Å²) in [5.74, 6) is 3.06. The van der Waals surface area contributed by atoms with Crippen LogP contribution in [0, 0.1) is 34.5 Å². The molecule has 0 aromatic heterocycles. The van der Waals surface area contributed by atoms with Gasteiger partial charge in [0.2, 0.25) is 0 Å². The molecular formula is C20H32O3. The summed E-state index contributed by atoms with van der Waals surface area (Å²) in [6.45, 7) is 4.71. The molecule has 8 atom stereocenters. The van der Waals surface area contributed by atoms with Gasteiger partial charge in [0, 0.05) is 18.9 Å². The highest BCUT2D eigenvalue weighted by Gasteiger charge is 2.61. The highest BCUT2D eigenvalue weighted by Crippen LogP contribution is 2.65. The van der Waals surface area contributed by atoms with Crippen molar-refractivity contribution in [3.8, 4) is 0 Å². The molecule has 0 spiro atoms. The lowest BCUT2D eigenvalue weighted by Gasteiger charge is -2.61. The third-order valence-corrected chi connectivity index (χ3v) is 8.68. The summed E-state index contributed by atoms with van der Waals surface area (Å²) in [5, 5.41) is 10.4. The second-order valence-corrected chi connectivity index (χ2v) is 9.29. The zero-order valence-corrected chi connectivity index (χ0v) is 14.9. The van der Waals surface area contributed by atoms with Crippen LogP contribution in [0.15, 0.2) is 0 Å². The van der Waals surface area contributed by atoms with E-state index >= 15 is 0 Å². The number of Topliss-reactive ketones (excluding diaryl/α,β-unsaturated/α-hetero) is 1. The van der Waals surface area contributed by atoms with Crippen molar-refractivity contribution < 1.29 is 14.6 Å². The quantitative estimate of drug-likeness (QED) is 0.803. The van der Waals surface area contributed by atoms with Crippen molar-refractivity contribution in [2.24, 2.45) is 34.5 Å². The fraction of sp³-hybridized carbons (Fsp3) is 0.950. The minimum Gasteiger partial charge on any atom is -0.390 e. The number of rotatable bonds is 1. The van der Waals surface area contributed by atoms with Gasteiger partial charge in [-0.3, -0.25) is 4.79 Å². The molecule has 23 heavy (non-hydrogen) atoms. The third kappa shape index (κ3) is 2.05. The van der Waals surface area contributed by atoms with Gasteiger partial charge in [-0.1, -0.05) is 13.8 Å². The molecule has 0 bridgehead atoms. The Morgan fingerprint density at radius 1 is 1.00 bits per heavy atom. The van der Waals surface area contributed by atoms with E-state index in [2.05, 4.69) is 13.8 Å². The number of methoxy groups -OCH3 is 1. The maximum atomic E-state index is 12.5. The lowest BCUT2D eigenvalue weighted by atomic mass is 9.44. The zero-order chi connectivity index (χ0) is 16.4. The standard InChI is InChI=1S/C20H32O3/c1-19-11-9-16(21)18(23-3)15(19)5-4-12-13-6-7-17(22)20(13,2)10-8-14(12)19/h12-16,18,21H,4-11H2,1-3H3/t12-,13-,14?,15?,16+,18+,19+,20-/m0/s1. The number of ketones is 1. The molecule has 0 heterocycles. The van der Waals surface area contributed by atoms with Crippen LogP contribution in [0.25, 0.3) is 0 Å². The van der Waals surface area contributed by atoms with Gasteiger partial charge in [0.15, 0.2) is 0 Å². The van der Waals surface area contributed by atoms with Gasteiger partial charge in [-0.15, -0.1) is 0 Å². The topological polar surface area (TPSA) is 46.5 Å². The van der Waals surface area contributed by atoms with Gasteiger partial charge in [0.25, 0.3) is 0 Å². The number of fused-ring (bicyclic) bond motifs is 5. The van der Waals surface area contributed by atoms with Crippen LogP contribution in [-0.4, -0.2) is 30.2 Å². The molecule has 4 aliphatic carbocycles. The van der Waals surface area contributed by atoms with Crippen molar-refractivity contribution in [1.29, 1.82) is 0 Å². The number of carbonyl (C=O) groups is 1. The number of ether oxygens (including phenoxy) is 1. The first-order chi connectivity index (χ1) is 10.9. The molecule has 3 heteroatoms. The second kappa shape index (κ2) is 5.29. The SMILES string of the molecule is CO[C@@H]1C2CC[C@@H]3C(CC[C@]4(C)C(=O)CC[C@@H]34)[C@@]2(C)CC[C@H]1O. The maximum absolute atomic E-state index is 12.5. The number of aliphatic hydroxyl groups is 1. The molecule has 0 amide bonds. The van der Waals surface area contributed by atoms with E-state index < -0.39 is 0 Å². The third-order valence-electron chi connectivity index (χ3n) is 8.68. The van der Waals surface area contributed by atoms with E-state index in [0.717, 1.165) is 44.4 Å². The second-order valence-electron chi connectivity index (χ2n) is 9.29. The van der Waals surface area contributed by atoms with Crippen LogP contribution in [0.3, 0.4) is 0 Å². The van der Waals surface area contributed by atoms with Gasteiger partial charge >= 0.3 is 0 Å². The van der Waals surface area contributed by atoms with E-state index in [0.29, 0.717) is 23.5 Å². The molecule has 3 nitrogen and oxygen atoms in total. The van der Waals surface area contributed by atoms with Crippen LogP contribution < -0.4 is 0 Å². The average Bonchev–Trinajstić information content (AvgIpc) is 2.83. The fourth-order valence-corrected chi connectivity index (χ4v) is 7.38. The number of carbonyl (C=O) groups excluding carboxylic acids is 1. The predicted molar refractivity (Wildman–Crippen MR) is 88.9 cm³/mol. The molecule has 4 saturated carbocycles. The van der Waals surface area contributed by atoms with E-state index in [9.17, 15) is 9.90 Å². The first-order valence-corrected chi connectivity index (χ1v) is 9.66. The zero-order valence-electron chi connectivity index (χ0n) is 14.9. The van der Waals surface area contributed by atoms with Gasteiger partial charge in [-0.05, 0) is 74.0 Å². The van der Waals surface area contributed by atoms with Gasteiger partial charge in [-0.25, -0.2) is 0 Å². The summed E-state index contributed by atoms with van der Waals surface area (Å²) in [7, 11) is 1.76. The largest absolute Gasteiger partial charge is 0.390 e. The monoisotopic (exact) mass is 320 g/mol. The van der Waals surface area contributed by atoms with E-state index in [4.69, 9.17) is 4.74 Å². The Bertz CT molecular complexity index is 503. The molecule has 2 unspecified atom stereocenters. The van der Waals surface area contributed by atoms with E-state index in [-0.39, 0.29) is 23.0 Å². The van der Waals surface area contributed by atoms with Crippen molar-refractivity contribution in [2.75, 3.05) is 7.11 Å². The van der Waals surface area contributed by atoms with E-state index in [1.807, 2.05) is 0 Å². The van der Waals surface area contributed by atoms with Gasteiger partial charge in [0.1, 0.15) is 5.78 Å². The first-order valence-electron chi connectivity index (χ1n) is 9.66. The molecule has 130 valence electrons. The van der Waals surface area contributed by atoms with Crippen LogP contribution in [-0.2, 0) is 9.53 Å². The molecule has 0 radical (unpaired) electrons. The number of hydrogen-bond acceptors (Lipinski definition) is 3. The smallest absolute Gasteiger partial charge is 0.139 e. The minimum absolute atomic E-state index is 0.00761. The van der Waals surface area contributed by atoms with Crippen LogP contribution in [0.4, 0.5) is 0 Å². The minimum atomic E-state index is -0.295. The molecular weight excluding hydrogens is 288 g/mol.